The van der Waals surface area contributed by atoms with E-state index < -0.39 is 0 Å². The molecule has 5 heteroatoms. The van der Waals surface area contributed by atoms with Crippen LogP contribution in [0.3, 0.4) is 0 Å². The lowest BCUT2D eigenvalue weighted by molar-refractivity contribution is 0.373. The normalized spacial score (nSPS) is 16.9. The lowest BCUT2D eigenvalue weighted by Gasteiger charge is -2.37. The topological polar surface area (TPSA) is 39.1 Å². The Hall–Kier alpha value is -2.03. The van der Waals surface area contributed by atoms with Crippen LogP contribution in [-0.4, -0.2) is 27.7 Å². The number of nitrogens with zero attached hydrogens (tertiary/aromatic N) is 2. The van der Waals surface area contributed by atoms with Gasteiger partial charge in [0.05, 0.1) is 17.0 Å². The van der Waals surface area contributed by atoms with E-state index in [1.807, 2.05) is 30.0 Å². The standard InChI is InChI=1S/C20H21N3S2/c21-15-17-8-4-9-18(14-17)22-20(24)23-12-5-13-25-19(23)11-10-16-6-2-1-3-7-16/h1-4,6-9,14,19H,5,10-13H2,(H,22,24). The van der Waals surface area contributed by atoms with Crippen LogP contribution in [0.25, 0.3) is 0 Å². The highest BCUT2D eigenvalue weighted by atomic mass is 32.2. The third-order valence-corrected chi connectivity index (χ3v) is 5.96. The van der Waals surface area contributed by atoms with Crippen LogP contribution in [0.15, 0.2) is 54.6 Å². The fraction of sp³-hybridized carbons (Fsp3) is 0.300. The van der Waals surface area contributed by atoms with Crippen LogP contribution in [0.4, 0.5) is 5.69 Å². The molecule has 0 amide bonds. The average molecular weight is 368 g/mol. The first-order chi connectivity index (χ1) is 12.3. The molecule has 0 saturated carbocycles. The minimum atomic E-state index is 0.396. The van der Waals surface area contributed by atoms with Crippen LogP contribution >= 0.6 is 24.0 Å². The Kier molecular flexibility index (Phi) is 6.32. The molecular weight excluding hydrogens is 346 g/mol. The van der Waals surface area contributed by atoms with Gasteiger partial charge in [-0.25, -0.2) is 0 Å². The maximum absolute atomic E-state index is 9.04. The second-order valence-electron chi connectivity index (χ2n) is 6.02. The van der Waals surface area contributed by atoms with E-state index in [4.69, 9.17) is 17.5 Å². The predicted molar refractivity (Wildman–Crippen MR) is 110 cm³/mol. The van der Waals surface area contributed by atoms with Gasteiger partial charge in [-0.1, -0.05) is 36.4 Å². The Balaban J connectivity index is 1.63. The van der Waals surface area contributed by atoms with Gasteiger partial charge in [0.25, 0.3) is 0 Å². The van der Waals surface area contributed by atoms with E-state index in [0.29, 0.717) is 10.9 Å². The molecule has 1 N–H and O–H groups in total. The zero-order chi connectivity index (χ0) is 17.5. The zero-order valence-corrected chi connectivity index (χ0v) is 15.7. The zero-order valence-electron chi connectivity index (χ0n) is 14.0. The molecule has 0 aromatic heterocycles. The van der Waals surface area contributed by atoms with Gasteiger partial charge < -0.3 is 10.2 Å². The number of rotatable bonds is 4. The average Bonchev–Trinajstić information content (AvgIpc) is 2.67. The van der Waals surface area contributed by atoms with Crippen molar-refractivity contribution in [1.82, 2.24) is 4.90 Å². The number of nitriles is 1. The molecule has 1 aliphatic rings. The summed E-state index contributed by atoms with van der Waals surface area (Å²) in [5.41, 5.74) is 2.89. The van der Waals surface area contributed by atoms with E-state index in [1.165, 1.54) is 11.3 Å². The van der Waals surface area contributed by atoms with Gasteiger partial charge in [-0.05, 0) is 61.0 Å². The molecule has 1 unspecified atom stereocenters. The van der Waals surface area contributed by atoms with E-state index in [0.717, 1.165) is 36.6 Å². The van der Waals surface area contributed by atoms with Crippen molar-refractivity contribution in [1.29, 1.82) is 5.26 Å². The highest BCUT2D eigenvalue weighted by Crippen LogP contribution is 2.28. The Labute approximate surface area is 159 Å². The predicted octanol–water partition coefficient (Wildman–Crippen LogP) is 4.65. The van der Waals surface area contributed by atoms with E-state index in [9.17, 15) is 0 Å². The maximum Gasteiger partial charge on any atom is 0.174 e. The summed E-state index contributed by atoms with van der Waals surface area (Å²) in [6, 6.07) is 20.2. The molecule has 1 saturated heterocycles. The quantitative estimate of drug-likeness (QED) is 0.796. The molecular formula is C20H21N3S2. The first kappa shape index (κ1) is 17.8. The number of thiocarbonyl (C=S) groups is 1. The molecule has 3 nitrogen and oxygen atoms in total. The van der Waals surface area contributed by atoms with Gasteiger partial charge in [0, 0.05) is 12.2 Å². The SMILES string of the molecule is N#Cc1cccc(NC(=S)N2CCCSC2CCc2ccccc2)c1. The van der Waals surface area contributed by atoms with Crippen molar-refractivity contribution in [2.45, 2.75) is 24.6 Å². The summed E-state index contributed by atoms with van der Waals surface area (Å²) in [5, 5.41) is 13.5. The molecule has 2 aromatic rings. The molecule has 128 valence electrons. The molecule has 2 aromatic carbocycles. The third-order valence-electron chi connectivity index (χ3n) is 4.23. The molecule has 1 heterocycles. The van der Waals surface area contributed by atoms with Crippen LogP contribution in [-0.2, 0) is 6.42 Å². The molecule has 1 atom stereocenters. The van der Waals surface area contributed by atoms with Crippen molar-refractivity contribution >= 4 is 34.8 Å². The van der Waals surface area contributed by atoms with E-state index in [1.54, 1.807) is 6.07 Å². The summed E-state index contributed by atoms with van der Waals surface area (Å²) >= 11 is 7.65. The lowest BCUT2D eigenvalue weighted by atomic mass is 10.1. The van der Waals surface area contributed by atoms with Gasteiger partial charge in [0.1, 0.15) is 0 Å². The minimum Gasteiger partial charge on any atom is -0.337 e. The van der Waals surface area contributed by atoms with Crippen LogP contribution in [0.1, 0.15) is 24.0 Å². The van der Waals surface area contributed by atoms with Crippen molar-refractivity contribution in [3.63, 3.8) is 0 Å². The van der Waals surface area contributed by atoms with Crippen LogP contribution in [0, 0.1) is 11.3 Å². The molecule has 0 bridgehead atoms. The maximum atomic E-state index is 9.04. The number of thioether (sulfide) groups is 1. The van der Waals surface area contributed by atoms with Crippen LogP contribution < -0.4 is 5.32 Å². The molecule has 1 aliphatic heterocycles. The van der Waals surface area contributed by atoms with E-state index in [-0.39, 0.29) is 0 Å². The summed E-state index contributed by atoms with van der Waals surface area (Å²) in [5.74, 6) is 1.18. The van der Waals surface area contributed by atoms with Crippen LogP contribution in [0.2, 0.25) is 0 Å². The molecule has 1 fully saturated rings. The third kappa shape index (κ3) is 4.97. The fourth-order valence-corrected chi connectivity index (χ4v) is 4.60. The van der Waals surface area contributed by atoms with Gasteiger partial charge in [0.15, 0.2) is 5.11 Å². The molecule has 0 aliphatic carbocycles. The van der Waals surface area contributed by atoms with Crippen molar-refractivity contribution in [3.05, 3.63) is 65.7 Å². The van der Waals surface area contributed by atoms with E-state index >= 15 is 0 Å². The second-order valence-corrected chi connectivity index (χ2v) is 7.69. The van der Waals surface area contributed by atoms with Gasteiger partial charge in [-0.3, -0.25) is 0 Å². The van der Waals surface area contributed by atoms with Gasteiger partial charge in [-0.15, -0.1) is 11.8 Å². The second kappa shape index (κ2) is 8.89. The van der Waals surface area contributed by atoms with Gasteiger partial charge >= 0.3 is 0 Å². The Morgan fingerprint density at radius 3 is 2.88 bits per heavy atom. The Bertz CT molecular complexity index is 755. The Morgan fingerprint density at radius 1 is 1.24 bits per heavy atom. The largest absolute Gasteiger partial charge is 0.337 e. The van der Waals surface area contributed by atoms with Gasteiger partial charge in [-0.2, -0.15) is 5.26 Å². The summed E-state index contributed by atoms with van der Waals surface area (Å²) < 4.78 is 0. The van der Waals surface area contributed by atoms with E-state index in [2.05, 4.69) is 46.6 Å². The molecule has 25 heavy (non-hydrogen) atoms. The minimum absolute atomic E-state index is 0.396. The highest BCUT2D eigenvalue weighted by Gasteiger charge is 2.24. The van der Waals surface area contributed by atoms with Crippen LogP contribution in [0.5, 0.6) is 0 Å². The smallest absolute Gasteiger partial charge is 0.174 e. The number of nitrogens with one attached hydrogen (secondary N) is 1. The monoisotopic (exact) mass is 367 g/mol. The number of hydrogen-bond donors (Lipinski definition) is 1. The number of benzene rings is 2. The fourth-order valence-electron chi connectivity index (χ4n) is 2.96. The van der Waals surface area contributed by atoms with Crippen molar-refractivity contribution in [2.24, 2.45) is 0 Å². The molecule has 0 radical (unpaired) electrons. The molecule has 3 rings (SSSR count). The van der Waals surface area contributed by atoms with Crippen molar-refractivity contribution < 1.29 is 0 Å². The first-order valence-corrected chi connectivity index (χ1v) is 9.95. The van der Waals surface area contributed by atoms with Gasteiger partial charge in [0.2, 0.25) is 0 Å². The first-order valence-electron chi connectivity index (χ1n) is 8.49. The summed E-state index contributed by atoms with van der Waals surface area (Å²) in [6.07, 6.45) is 3.28. The molecule has 0 spiro atoms. The summed E-state index contributed by atoms with van der Waals surface area (Å²) in [4.78, 5) is 2.30. The summed E-state index contributed by atoms with van der Waals surface area (Å²) in [7, 11) is 0. The highest BCUT2D eigenvalue weighted by molar-refractivity contribution is 7.99. The van der Waals surface area contributed by atoms with Crippen molar-refractivity contribution in [3.8, 4) is 6.07 Å². The lowest BCUT2D eigenvalue weighted by Crippen LogP contribution is -2.44. The summed E-state index contributed by atoms with van der Waals surface area (Å²) in [6.45, 7) is 0.982. The number of hydrogen-bond acceptors (Lipinski definition) is 3. The Morgan fingerprint density at radius 2 is 2.08 bits per heavy atom. The van der Waals surface area contributed by atoms with Crippen molar-refractivity contribution in [2.75, 3.05) is 17.6 Å². The number of aryl methyl sites for hydroxylation is 1. The number of anilines is 1.